The molecule has 1 fully saturated rings. The summed E-state index contributed by atoms with van der Waals surface area (Å²) >= 11 is 18.5. The third-order valence-electron chi connectivity index (χ3n) is 8.04. The van der Waals surface area contributed by atoms with Gasteiger partial charge in [0.05, 0.1) is 71.4 Å². The van der Waals surface area contributed by atoms with Crippen LogP contribution in [0.4, 0.5) is 25.2 Å². The Balaban J connectivity index is 0.000000698. The van der Waals surface area contributed by atoms with Crippen molar-refractivity contribution in [3.63, 3.8) is 0 Å². The van der Waals surface area contributed by atoms with Gasteiger partial charge >= 0.3 is 33.0 Å². The van der Waals surface area contributed by atoms with Crippen LogP contribution in [0.2, 0.25) is 15.1 Å². The molecule has 2 aromatic carbocycles. The Morgan fingerprint density at radius 3 is 2.20 bits per heavy atom. The molecule has 5 atom stereocenters. The number of hydrogen-bond donors (Lipinski definition) is 1. The van der Waals surface area contributed by atoms with Crippen LogP contribution in [-0.4, -0.2) is 69.7 Å². The van der Waals surface area contributed by atoms with Crippen LogP contribution in [0.25, 0.3) is 5.69 Å². The average Bonchev–Trinajstić information content (AvgIpc) is 3.54. The normalized spacial score (nSPS) is 22.5. The van der Waals surface area contributed by atoms with E-state index < -0.39 is 25.6 Å². The van der Waals surface area contributed by atoms with Crippen LogP contribution in [0.15, 0.2) is 60.8 Å². The number of hydrogen-bond acceptors (Lipinski definition) is 5. The van der Waals surface area contributed by atoms with Gasteiger partial charge in [-0.15, -0.1) is 5.10 Å². The molecule has 1 aromatic heterocycles. The average molecular weight is 776 g/mol. The van der Waals surface area contributed by atoms with Gasteiger partial charge in [0.2, 0.25) is 17.7 Å². The molecule has 0 saturated carbocycles. The molecule has 49 heavy (non-hydrogen) atoms. The van der Waals surface area contributed by atoms with Crippen LogP contribution < -0.4 is 4.90 Å². The number of amides is 3. The number of halogens is 9. The van der Waals surface area contributed by atoms with Crippen LogP contribution in [0.1, 0.15) is 18.2 Å². The summed E-state index contributed by atoms with van der Waals surface area (Å²) in [6.45, 7) is 3.82. The number of likely N-dealkylation sites (tertiary alicyclic amines) is 1. The van der Waals surface area contributed by atoms with Gasteiger partial charge in [-0.3, -0.25) is 19.3 Å². The first-order chi connectivity index (χ1) is 22.5. The second-order valence-electron chi connectivity index (χ2n) is 12.0. The van der Waals surface area contributed by atoms with Crippen LogP contribution >= 0.6 is 42.6 Å². The standard InChI is InChI=1S/C30H31Cl3N6O3.F6P/c1-18-9-10-21-27(30(42)38(28(21)40)15-19-7-5-4-6-8-19)26(18)29(41)37(3)12-11-36(2)16-20-17-39(35-34-20)25-14-23(32)22(31)13-24(25)33;1-7(2,3,4,5)6/h4-10,13-14,17-18,21,26-27H,11-12,15-16H2,1-3H3;/q;-1/p+1. The van der Waals surface area contributed by atoms with Crippen molar-refractivity contribution in [3.8, 4) is 5.69 Å². The zero-order chi connectivity index (χ0) is 36.5. The number of fused-ring (bicyclic) bond motifs is 1. The van der Waals surface area contributed by atoms with Gasteiger partial charge < -0.3 is 9.80 Å². The fraction of sp³-hybridized carbons (Fsp3) is 0.367. The number of quaternary nitrogens is 1. The molecule has 3 aromatic rings. The van der Waals surface area contributed by atoms with Crippen molar-refractivity contribution in [2.45, 2.75) is 20.0 Å². The predicted molar refractivity (Wildman–Crippen MR) is 174 cm³/mol. The van der Waals surface area contributed by atoms with Gasteiger partial charge in [0.15, 0.2) is 0 Å². The zero-order valence-corrected chi connectivity index (χ0v) is 29.4. The Hall–Kier alpha value is -3.23. The molecule has 19 heteroatoms. The second kappa shape index (κ2) is 13.8. The Labute approximate surface area is 292 Å². The Bertz CT molecular complexity index is 1750. The topological polar surface area (TPSA) is 92.8 Å². The van der Waals surface area contributed by atoms with Crippen LogP contribution in [0.3, 0.4) is 0 Å². The number of nitrogens with zero attached hydrogens (tertiary/aromatic N) is 5. The molecule has 0 spiro atoms. The van der Waals surface area contributed by atoms with Gasteiger partial charge in [0.25, 0.3) is 0 Å². The van der Waals surface area contributed by atoms with Gasteiger partial charge in [0, 0.05) is 7.05 Å². The third-order valence-corrected chi connectivity index (χ3v) is 9.07. The summed E-state index contributed by atoms with van der Waals surface area (Å²) in [7, 11) is -6.90. The summed E-state index contributed by atoms with van der Waals surface area (Å²) in [4.78, 5) is 44.6. The molecular formula is C30H32Cl3F6N6O3P. The zero-order valence-electron chi connectivity index (χ0n) is 26.2. The van der Waals surface area contributed by atoms with Gasteiger partial charge in [-0.05, 0) is 23.6 Å². The van der Waals surface area contributed by atoms with Crippen LogP contribution in [-0.2, 0) is 27.5 Å². The van der Waals surface area contributed by atoms with Crippen molar-refractivity contribution in [1.29, 1.82) is 0 Å². The molecule has 2 heterocycles. The second-order valence-corrected chi connectivity index (χ2v) is 15.2. The number of allylic oxidation sites excluding steroid dienone is 1. The summed E-state index contributed by atoms with van der Waals surface area (Å²) in [5.74, 6) is -2.70. The minimum atomic E-state index is -10.7. The maximum atomic E-state index is 13.7. The van der Waals surface area contributed by atoms with E-state index in [9.17, 15) is 39.6 Å². The Morgan fingerprint density at radius 2 is 1.57 bits per heavy atom. The van der Waals surface area contributed by atoms with Gasteiger partial charge in [0.1, 0.15) is 12.2 Å². The van der Waals surface area contributed by atoms with E-state index in [4.69, 9.17) is 34.8 Å². The summed E-state index contributed by atoms with van der Waals surface area (Å²) < 4.78 is 60.7. The van der Waals surface area contributed by atoms with E-state index in [0.29, 0.717) is 40.4 Å². The molecule has 2 aliphatic rings. The number of nitrogens with one attached hydrogen (secondary N) is 1. The van der Waals surface area contributed by atoms with E-state index in [0.717, 1.165) is 16.2 Å². The summed E-state index contributed by atoms with van der Waals surface area (Å²) in [6, 6.07) is 12.6. The third kappa shape index (κ3) is 10.6. The number of benzene rings is 2. The first kappa shape index (κ1) is 38.6. The first-order valence-corrected chi connectivity index (χ1v) is 17.9. The molecule has 1 saturated heterocycles. The fourth-order valence-electron chi connectivity index (χ4n) is 5.70. The molecule has 5 rings (SSSR count). The quantitative estimate of drug-likeness (QED) is 0.0859. The first-order valence-electron chi connectivity index (χ1n) is 14.8. The van der Waals surface area contributed by atoms with Gasteiger partial charge in [-0.25, -0.2) is 4.68 Å². The van der Waals surface area contributed by atoms with Crippen molar-refractivity contribution >= 4 is 60.3 Å². The fourth-order valence-corrected chi connectivity index (χ4v) is 6.33. The van der Waals surface area contributed by atoms with Crippen molar-refractivity contribution in [3.05, 3.63) is 87.1 Å². The number of imide groups is 1. The van der Waals surface area contributed by atoms with E-state index in [-0.39, 0.29) is 30.2 Å². The van der Waals surface area contributed by atoms with E-state index in [1.54, 1.807) is 41.0 Å². The molecule has 0 bridgehead atoms. The molecule has 5 unspecified atom stereocenters. The predicted octanol–water partition coefficient (Wildman–Crippen LogP) is 6.71. The summed E-state index contributed by atoms with van der Waals surface area (Å²) in [6.07, 6.45) is 5.49. The monoisotopic (exact) mass is 774 g/mol. The van der Waals surface area contributed by atoms with Crippen molar-refractivity contribution in [2.24, 2.45) is 23.7 Å². The molecule has 1 aliphatic carbocycles. The van der Waals surface area contributed by atoms with E-state index >= 15 is 0 Å². The minimum absolute atomic E-state index is 0.127. The van der Waals surface area contributed by atoms with Crippen LogP contribution in [0.5, 0.6) is 0 Å². The summed E-state index contributed by atoms with van der Waals surface area (Å²) in [5, 5.41) is 9.56. The number of rotatable bonds is 9. The Morgan fingerprint density at radius 1 is 0.959 bits per heavy atom. The Kier molecular flexibility index (Phi) is 10.9. The van der Waals surface area contributed by atoms with Gasteiger partial charge in [-0.2, -0.15) is 0 Å². The molecule has 3 amide bonds. The van der Waals surface area contributed by atoms with Crippen molar-refractivity contribution < 1.29 is 44.5 Å². The molecule has 268 valence electrons. The number of likely N-dealkylation sites (N-methyl/N-ethyl adjacent to an activating group) is 2. The molecule has 1 aliphatic heterocycles. The van der Waals surface area contributed by atoms with Crippen molar-refractivity contribution in [2.75, 3.05) is 27.2 Å². The van der Waals surface area contributed by atoms with E-state index in [2.05, 4.69) is 10.3 Å². The number of aromatic nitrogens is 3. The van der Waals surface area contributed by atoms with E-state index in [1.165, 1.54) is 4.90 Å². The maximum absolute atomic E-state index is 13.7. The number of carbonyl (C=O) groups is 3. The molecular weight excluding hydrogens is 744 g/mol. The SMILES string of the molecule is CC1C=CC2C(=O)N(Cc3ccccc3)C(=O)C2C1C(=O)N(C)CC[NH+](C)Cc1cn(-c2cc(Cl)c(Cl)cc2Cl)nn1.F[P-](F)(F)(F)(F)F. The number of carbonyl (C=O) groups excluding carboxylic acids is 3. The van der Waals surface area contributed by atoms with E-state index in [1.807, 2.05) is 50.4 Å². The molecule has 1 N–H and O–H groups in total. The molecule has 0 radical (unpaired) electrons. The van der Waals surface area contributed by atoms with Crippen LogP contribution in [0, 0.1) is 23.7 Å². The summed E-state index contributed by atoms with van der Waals surface area (Å²) in [5.41, 5.74) is 2.19. The molecule has 9 nitrogen and oxygen atoms in total. The van der Waals surface area contributed by atoms with Crippen molar-refractivity contribution in [1.82, 2.24) is 24.8 Å². The van der Waals surface area contributed by atoms with Gasteiger partial charge in [-0.1, -0.05) is 89.4 Å².